The molecule has 0 unspecified atom stereocenters. The fraction of sp³-hybridized carbons (Fsp3) is 0.700. The lowest BCUT2D eigenvalue weighted by molar-refractivity contribution is 0.105. The van der Waals surface area contributed by atoms with Gasteiger partial charge >= 0.3 is 0 Å². The van der Waals surface area contributed by atoms with Crippen LogP contribution in [0.2, 0.25) is 0 Å². The maximum Gasteiger partial charge on any atom is 0.203 e. The van der Waals surface area contributed by atoms with E-state index in [2.05, 4.69) is 33.9 Å². The van der Waals surface area contributed by atoms with Crippen LogP contribution in [0.15, 0.2) is 12.1 Å². The van der Waals surface area contributed by atoms with E-state index < -0.39 is 0 Å². The summed E-state index contributed by atoms with van der Waals surface area (Å²) in [6.45, 7) is 6.63. The molecule has 1 aromatic carbocycles. The molecule has 6 heteroatoms. The molecule has 0 amide bonds. The molecule has 0 bridgehead atoms. The maximum atomic E-state index is 5.63. The summed E-state index contributed by atoms with van der Waals surface area (Å²) in [7, 11) is 5.00. The van der Waals surface area contributed by atoms with Crippen molar-refractivity contribution in [3.05, 3.63) is 17.7 Å². The molecule has 0 spiro atoms. The predicted octanol–water partition coefficient (Wildman–Crippen LogP) is 3.12. The Morgan fingerprint density at radius 2 is 1.58 bits per heavy atom. The number of hydrogen-bond donors (Lipinski definition) is 0. The van der Waals surface area contributed by atoms with Crippen LogP contribution in [0.5, 0.6) is 17.2 Å². The second kappa shape index (κ2) is 8.72. The van der Waals surface area contributed by atoms with Gasteiger partial charge < -0.3 is 14.2 Å². The highest BCUT2D eigenvalue weighted by molar-refractivity contribution is 8.00. The highest BCUT2D eigenvalue weighted by Crippen LogP contribution is 2.43. The van der Waals surface area contributed by atoms with Crippen molar-refractivity contribution in [3.8, 4) is 17.2 Å². The molecule has 1 saturated carbocycles. The number of piperazine rings is 1. The van der Waals surface area contributed by atoms with Crippen molar-refractivity contribution in [2.75, 3.05) is 60.3 Å². The van der Waals surface area contributed by atoms with Crippen LogP contribution in [-0.2, 0) is 6.54 Å². The third-order valence-electron chi connectivity index (χ3n) is 5.85. The van der Waals surface area contributed by atoms with E-state index in [1.54, 1.807) is 21.3 Å². The van der Waals surface area contributed by atoms with E-state index in [4.69, 9.17) is 14.2 Å². The predicted molar refractivity (Wildman–Crippen MR) is 108 cm³/mol. The number of methoxy groups -OCH3 is 3. The van der Waals surface area contributed by atoms with Gasteiger partial charge in [-0.05, 0) is 25.2 Å². The van der Waals surface area contributed by atoms with Crippen molar-refractivity contribution in [1.82, 2.24) is 9.80 Å². The summed E-state index contributed by atoms with van der Waals surface area (Å²) >= 11 is 2.07. The average molecular weight is 381 g/mol. The normalized spacial score (nSPS) is 20.5. The third kappa shape index (κ3) is 4.07. The molecule has 3 rings (SSSR count). The Kier molecular flexibility index (Phi) is 6.59. The molecule has 0 N–H and O–H groups in total. The summed E-state index contributed by atoms with van der Waals surface area (Å²) in [5.41, 5.74) is 1.15. The van der Waals surface area contributed by atoms with Crippen molar-refractivity contribution >= 4 is 11.8 Å². The van der Waals surface area contributed by atoms with Crippen molar-refractivity contribution < 1.29 is 14.2 Å². The first kappa shape index (κ1) is 19.6. The number of hydrogen-bond acceptors (Lipinski definition) is 6. The molecule has 1 aliphatic carbocycles. The van der Waals surface area contributed by atoms with E-state index in [0.717, 1.165) is 44.0 Å². The molecule has 0 atom stereocenters. The van der Waals surface area contributed by atoms with Gasteiger partial charge in [-0.25, -0.2) is 0 Å². The monoisotopic (exact) mass is 380 g/mol. The van der Waals surface area contributed by atoms with E-state index in [-0.39, 0.29) is 0 Å². The van der Waals surface area contributed by atoms with E-state index in [1.165, 1.54) is 25.8 Å². The Morgan fingerprint density at radius 3 is 2.08 bits per heavy atom. The first-order valence-corrected chi connectivity index (χ1v) is 10.6. The quantitative estimate of drug-likeness (QED) is 0.689. The van der Waals surface area contributed by atoms with Crippen molar-refractivity contribution in [3.63, 3.8) is 0 Å². The highest BCUT2D eigenvalue weighted by atomic mass is 32.2. The molecule has 1 heterocycles. The van der Waals surface area contributed by atoms with Gasteiger partial charge in [-0.1, -0.05) is 12.5 Å². The Morgan fingerprint density at radius 1 is 0.923 bits per heavy atom. The molecular formula is C20H32N2O3S. The van der Waals surface area contributed by atoms with E-state index in [0.29, 0.717) is 16.2 Å². The molecular weight excluding hydrogens is 348 g/mol. The Balaban J connectivity index is 1.59. The second-order valence-electron chi connectivity index (χ2n) is 7.29. The minimum Gasteiger partial charge on any atom is -0.493 e. The summed E-state index contributed by atoms with van der Waals surface area (Å²) in [6.07, 6.45) is 6.45. The fourth-order valence-electron chi connectivity index (χ4n) is 4.04. The van der Waals surface area contributed by atoms with Gasteiger partial charge in [0.05, 0.1) is 21.3 Å². The summed E-state index contributed by atoms with van der Waals surface area (Å²) < 4.78 is 17.1. The SMILES string of the molecule is COc1ccc(CN2CCN(CC3(SC)CCC3)CC2)c(OC)c1OC. The lowest BCUT2D eigenvalue weighted by Crippen LogP contribution is -2.52. The number of ether oxygens (including phenoxy) is 3. The van der Waals surface area contributed by atoms with Gasteiger partial charge in [0.1, 0.15) is 0 Å². The van der Waals surface area contributed by atoms with E-state index in [1.807, 2.05) is 6.07 Å². The Hall–Kier alpha value is -1.11. The molecule has 1 aromatic rings. The van der Waals surface area contributed by atoms with Gasteiger partial charge in [0.25, 0.3) is 0 Å². The molecule has 1 saturated heterocycles. The maximum absolute atomic E-state index is 5.63. The molecule has 2 fully saturated rings. The Bertz CT molecular complexity index is 593. The van der Waals surface area contributed by atoms with Crippen LogP contribution < -0.4 is 14.2 Å². The standard InChI is InChI=1S/C20H32N2O3S/c1-23-17-7-6-16(18(24-2)19(17)25-3)14-21-10-12-22(13-11-21)15-20(26-4)8-5-9-20/h6-7H,5,8-15H2,1-4H3. The van der Waals surface area contributed by atoms with Gasteiger partial charge in [-0.15, -0.1) is 0 Å². The van der Waals surface area contributed by atoms with Gasteiger partial charge in [0, 0.05) is 49.6 Å². The minimum absolute atomic E-state index is 0.536. The summed E-state index contributed by atoms with van der Waals surface area (Å²) in [4.78, 5) is 5.16. The van der Waals surface area contributed by atoms with E-state index in [9.17, 15) is 0 Å². The average Bonchev–Trinajstić information content (AvgIpc) is 2.65. The Labute approximate surface area is 162 Å². The summed E-state index contributed by atoms with van der Waals surface area (Å²) in [6, 6.07) is 4.05. The van der Waals surface area contributed by atoms with Gasteiger partial charge in [0.15, 0.2) is 11.5 Å². The number of nitrogens with zero attached hydrogens (tertiary/aromatic N) is 2. The first-order chi connectivity index (χ1) is 12.6. The van der Waals surface area contributed by atoms with Crippen LogP contribution in [0.4, 0.5) is 0 Å². The van der Waals surface area contributed by atoms with E-state index >= 15 is 0 Å². The topological polar surface area (TPSA) is 34.2 Å². The molecule has 26 heavy (non-hydrogen) atoms. The number of benzene rings is 1. The molecule has 0 radical (unpaired) electrons. The number of rotatable bonds is 8. The fourth-order valence-corrected chi connectivity index (χ4v) is 5.05. The first-order valence-electron chi connectivity index (χ1n) is 9.42. The van der Waals surface area contributed by atoms with Gasteiger partial charge in [-0.3, -0.25) is 9.80 Å². The minimum atomic E-state index is 0.536. The van der Waals surface area contributed by atoms with Crippen molar-refractivity contribution in [2.45, 2.75) is 30.6 Å². The second-order valence-corrected chi connectivity index (χ2v) is 8.56. The molecule has 0 aromatic heterocycles. The lowest BCUT2D eigenvalue weighted by Gasteiger charge is -2.46. The zero-order valence-electron chi connectivity index (χ0n) is 16.5. The van der Waals surface area contributed by atoms with Crippen LogP contribution in [0.3, 0.4) is 0 Å². The largest absolute Gasteiger partial charge is 0.493 e. The highest BCUT2D eigenvalue weighted by Gasteiger charge is 2.38. The molecule has 146 valence electrons. The van der Waals surface area contributed by atoms with Gasteiger partial charge in [0.2, 0.25) is 5.75 Å². The van der Waals surface area contributed by atoms with Crippen molar-refractivity contribution in [2.24, 2.45) is 0 Å². The van der Waals surface area contributed by atoms with Crippen LogP contribution >= 0.6 is 11.8 Å². The van der Waals surface area contributed by atoms with Crippen LogP contribution in [0.1, 0.15) is 24.8 Å². The summed E-state index contributed by atoms with van der Waals surface area (Å²) in [5.74, 6) is 2.17. The van der Waals surface area contributed by atoms with Crippen LogP contribution in [0.25, 0.3) is 0 Å². The zero-order chi connectivity index (χ0) is 18.6. The third-order valence-corrected chi connectivity index (χ3v) is 7.26. The van der Waals surface area contributed by atoms with Crippen LogP contribution in [-0.4, -0.2) is 74.9 Å². The van der Waals surface area contributed by atoms with Crippen molar-refractivity contribution in [1.29, 1.82) is 0 Å². The molecule has 5 nitrogen and oxygen atoms in total. The van der Waals surface area contributed by atoms with Gasteiger partial charge in [-0.2, -0.15) is 11.8 Å². The molecule has 1 aliphatic heterocycles. The smallest absolute Gasteiger partial charge is 0.203 e. The lowest BCUT2D eigenvalue weighted by atomic mass is 9.83. The number of thioether (sulfide) groups is 1. The zero-order valence-corrected chi connectivity index (χ0v) is 17.4. The molecule has 2 aliphatic rings. The summed E-state index contributed by atoms with van der Waals surface area (Å²) in [5, 5.41) is 0. The van der Waals surface area contributed by atoms with Crippen LogP contribution in [0, 0.1) is 0 Å².